The maximum atomic E-state index is 6.40. The molecule has 9 heteroatoms. The highest BCUT2D eigenvalue weighted by atomic mass is 127. The molecule has 170 valence electrons. The first-order valence-corrected chi connectivity index (χ1v) is 10.8. The lowest BCUT2D eigenvalue weighted by molar-refractivity contribution is -0.0817. The normalized spacial score (nSPS) is 21.9. The summed E-state index contributed by atoms with van der Waals surface area (Å²) in [5, 5.41) is 3.93. The van der Waals surface area contributed by atoms with Gasteiger partial charge in [0, 0.05) is 26.2 Å². The van der Waals surface area contributed by atoms with Gasteiger partial charge >= 0.3 is 0 Å². The van der Waals surface area contributed by atoms with Crippen molar-refractivity contribution in [2.75, 3.05) is 46.6 Å². The molecular formula is C21H33ClIN3O4. The molecule has 0 spiro atoms. The third kappa shape index (κ3) is 6.51. The van der Waals surface area contributed by atoms with E-state index in [-0.39, 0.29) is 36.2 Å². The van der Waals surface area contributed by atoms with Gasteiger partial charge in [-0.05, 0) is 44.4 Å². The molecule has 0 saturated carbocycles. The Balaban J connectivity index is 0.00000320. The molecule has 1 aromatic rings. The molecule has 1 N–H and O–H groups in total. The molecule has 0 bridgehead atoms. The number of hydrogen-bond donors (Lipinski definition) is 1. The molecule has 2 heterocycles. The number of guanidine groups is 1. The van der Waals surface area contributed by atoms with Crippen LogP contribution >= 0.6 is 35.6 Å². The Morgan fingerprint density at radius 1 is 1.27 bits per heavy atom. The van der Waals surface area contributed by atoms with Crippen molar-refractivity contribution >= 4 is 41.5 Å². The number of aliphatic imine (C=N–C) groups is 1. The fraction of sp³-hybridized carbons (Fsp3) is 0.667. The summed E-state index contributed by atoms with van der Waals surface area (Å²) < 4.78 is 22.8. The maximum Gasteiger partial charge on any atom is 0.194 e. The molecule has 2 saturated heterocycles. The Morgan fingerprint density at radius 2 is 2.07 bits per heavy atom. The van der Waals surface area contributed by atoms with Crippen LogP contribution < -0.4 is 14.8 Å². The molecule has 0 amide bonds. The van der Waals surface area contributed by atoms with Gasteiger partial charge in [0.15, 0.2) is 17.5 Å². The van der Waals surface area contributed by atoms with Crippen molar-refractivity contribution in [3.05, 3.63) is 22.7 Å². The summed E-state index contributed by atoms with van der Waals surface area (Å²) in [6, 6.07) is 3.81. The standard InChI is InChI=1S/C21H32ClN3O4.HI/c1-4-23-21(25-8-10-29-19(14-25)17-7-6-9-28-17)24-13-15-11-16(22)20(27-5-2)18(12-15)26-3;/h11-12,17,19H,4-10,13-14H2,1-3H3,(H,23,24);1H. The van der Waals surface area contributed by atoms with E-state index in [2.05, 4.69) is 17.1 Å². The Bertz CT molecular complexity index is 701. The molecule has 0 aromatic heterocycles. The predicted molar refractivity (Wildman–Crippen MR) is 130 cm³/mol. The molecule has 0 aliphatic carbocycles. The van der Waals surface area contributed by atoms with E-state index < -0.39 is 0 Å². The average molecular weight is 554 g/mol. The van der Waals surface area contributed by atoms with E-state index >= 15 is 0 Å². The maximum absolute atomic E-state index is 6.40. The van der Waals surface area contributed by atoms with Crippen LogP contribution in [0, 0.1) is 0 Å². The van der Waals surface area contributed by atoms with Crippen molar-refractivity contribution in [3.8, 4) is 11.5 Å². The van der Waals surface area contributed by atoms with Crippen molar-refractivity contribution < 1.29 is 18.9 Å². The molecule has 2 atom stereocenters. The van der Waals surface area contributed by atoms with Crippen molar-refractivity contribution in [2.24, 2.45) is 4.99 Å². The van der Waals surface area contributed by atoms with Crippen LogP contribution in [0.3, 0.4) is 0 Å². The number of benzene rings is 1. The fourth-order valence-electron chi connectivity index (χ4n) is 3.73. The minimum atomic E-state index is 0. The van der Waals surface area contributed by atoms with Crippen molar-refractivity contribution in [3.63, 3.8) is 0 Å². The average Bonchev–Trinajstić information content (AvgIpc) is 3.28. The van der Waals surface area contributed by atoms with E-state index in [0.717, 1.165) is 50.6 Å². The lowest BCUT2D eigenvalue weighted by atomic mass is 10.1. The van der Waals surface area contributed by atoms with Gasteiger partial charge in [-0.2, -0.15) is 0 Å². The zero-order chi connectivity index (χ0) is 20.6. The molecule has 2 aliphatic heterocycles. The Hall–Kier alpha value is -0.970. The Labute approximate surface area is 201 Å². The summed E-state index contributed by atoms with van der Waals surface area (Å²) in [5.74, 6) is 2.08. The highest BCUT2D eigenvalue weighted by Gasteiger charge is 2.32. The molecule has 3 rings (SSSR count). The van der Waals surface area contributed by atoms with Crippen LogP contribution in [0.4, 0.5) is 0 Å². The number of nitrogens with zero attached hydrogens (tertiary/aromatic N) is 2. The molecule has 2 unspecified atom stereocenters. The number of hydrogen-bond acceptors (Lipinski definition) is 5. The Morgan fingerprint density at radius 3 is 2.73 bits per heavy atom. The second kappa shape index (κ2) is 12.8. The van der Waals surface area contributed by atoms with Crippen LogP contribution in [-0.2, 0) is 16.0 Å². The van der Waals surface area contributed by atoms with E-state index in [4.69, 9.17) is 35.5 Å². The van der Waals surface area contributed by atoms with Crippen LogP contribution in [0.25, 0.3) is 0 Å². The van der Waals surface area contributed by atoms with Gasteiger partial charge < -0.3 is 29.2 Å². The van der Waals surface area contributed by atoms with Gasteiger partial charge in [-0.3, -0.25) is 0 Å². The third-order valence-electron chi connectivity index (χ3n) is 5.10. The molecule has 30 heavy (non-hydrogen) atoms. The summed E-state index contributed by atoms with van der Waals surface area (Å²) in [4.78, 5) is 7.10. The molecular weight excluding hydrogens is 521 g/mol. The summed E-state index contributed by atoms with van der Waals surface area (Å²) in [6.07, 6.45) is 2.46. The molecule has 7 nitrogen and oxygen atoms in total. The largest absolute Gasteiger partial charge is 0.493 e. The topological polar surface area (TPSA) is 64.6 Å². The molecule has 1 aromatic carbocycles. The highest BCUT2D eigenvalue weighted by molar-refractivity contribution is 14.0. The number of nitrogens with one attached hydrogen (secondary N) is 1. The van der Waals surface area contributed by atoms with Crippen molar-refractivity contribution in [1.29, 1.82) is 0 Å². The SMILES string of the molecule is CCNC(=NCc1cc(Cl)c(OCC)c(OC)c1)N1CCOC(C2CCCO2)C1.I. The van der Waals surface area contributed by atoms with Crippen molar-refractivity contribution in [1.82, 2.24) is 10.2 Å². The van der Waals surface area contributed by atoms with Crippen LogP contribution in [-0.4, -0.2) is 69.6 Å². The third-order valence-corrected chi connectivity index (χ3v) is 5.38. The summed E-state index contributed by atoms with van der Waals surface area (Å²) >= 11 is 6.40. The zero-order valence-corrected chi connectivity index (χ0v) is 21.1. The monoisotopic (exact) mass is 553 g/mol. The van der Waals surface area contributed by atoms with E-state index in [1.165, 1.54) is 0 Å². The van der Waals surface area contributed by atoms with E-state index in [1.54, 1.807) is 7.11 Å². The summed E-state index contributed by atoms with van der Waals surface area (Å²) in [5.41, 5.74) is 0.967. The van der Waals surface area contributed by atoms with Gasteiger partial charge in [0.05, 0.1) is 38.0 Å². The first kappa shape index (κ1) is 25.3. The quantitative estimate of drug-likeness (QED) is 0.316. The smallest absolute Gasteiger partial charge is 0.194 e. The minimum Gasteiger partial charge on any atom is -0.493 e. The van der Waals surface area contributed by atoms with Gasteiger partial charge in [-0.1, -0.05) is 11.6 Å². The molecule has 2 fully saturated rings. The van der Waals surface area contributed by atoms with Crippen molar-refractivity contribution in [2.45, 2.75) is 45.4 Å². The minimum absolute atomic E-state index is 0. The number of ether oxygens (including phenoxy) is 4. The van der Waals surface area contributed by atoms with E-state index in [0.29, 0.717) is 36.3 Å². The first-order valence-electron chi connectivity index (χ1n) is 10.4. The van der Waals surface area contributed by atoms with Crippen LogP contribution in [0.2, 0.25) is 5.02 Å². The summed E-state index contributed by atoms with van der Waals surface area (Å²) in [6.45, 7) is 8.91. The Kier molecular flexibility index (Phi) is 10.8. The fourth-order valence-corrected chi connectivity index (χ4v) is 4.02. The van der Waals surface area contributed by atoms with Crippen LogP contribution in [0.1, 0.15) is 32.3 Å². The van der Waals surface area contributed by atoms with Gasteiger partial charge in [0.1, 0.15) is 6.10 Å². The van der Waals surface area contributed by atoms with Gasteiger partial charge in [-0.25, -0.2) is 4.99 Å². The number of rotatable bonds is 7. The highest BCUT2D eigenvalue weighted by Crippen LogP contribution is 2.36. The lowest BCUT2D eigenvalue weighted by Crippen LogP contribution is -2.53. The molecule has 2 aliphatic rings. The van der Waals surface area contributed by atoms with E-state index in [9.17, 15) is 0 Å². The predicted octanol–water partition coefficient (Wildman–Crippen LogP) is 3.71. The first-order chi connectivity index (χ1) is 14.2. The second-order valence-electron chi connectivity index (χ2n) is 7.12. The second-order valence-corrected chi connectivity index (χ2v) is 7.53. The zero-order valence-electron chi connectivity index (χ0n) is 18.0. The van der Waals surface area contributed by atoms with E-state index in [1.807, 2.05) is 19.1 Å². The lowest BCUT2D eigenvalue weighted by Gasteiger charge is -2.37. The van der Waals surface area contributed by atoms with Gasteiger partial charge in [-0.15, -0.1) is 24.0 Å². The van der Waals surface area contributed by atoms with Crippen LogP contribution in [0.5, 0.6) is 11.5 Å². The summed E-state index contributed by atoms with van der Waals surface area (Å²) in [7, 11) is 1.62. The van der Waals surface area contributed by atoms with Crippen LogP contribution in [0.15, 0.2) is 17.1 Å². The number of methoxy groups -OCH3 is 1. The van der Waals surface area contributed by atoms with Gasteiger partial charge in [0.2, 0.25) is 0 Å². The molecule has 0 radical (unpaired) electrons. The number of morpholine rings is 1. The number of halogens is 2. The van der Waals surface area contributed by atoms with Gasteiger partial charge in [0.25, 0.3) is 0 Å².